The van der Waals surface area contributed by atoms with E-state index >= 15 is 0 Å². The first-order chi connectivity index (χ1) is 30.2. The van der Waals surface area contributed by atoms with Crippen LogP contribution < -0.4 is 0 Å². The normalized spacial score (nSPS) is 18.9. The lowest BCUT2D eigenvalue weighted by Gasteiger charge is -2.32. The minimum atomic E-state index is 0.137. The van der Waals surface area contributed by atoms with Crippen LogP contribution in [0.2, 0.25) is 0 Å². The van der Waals surface area contributed by atoms with Crippen molar-refractivity contribution in [3.8, 4) is 11.3 Å². The number of nitrogens with zero attached hydrogens (tertiary/aromatic N) is 2. The summed E-state index contributed by atoms with van der Waals surface area (Å²) in [6, 6.07) is 57.9. The summed E-state index contributed by atoms with van der Waals surface area (Å²) in [6.45, 7) is 0. The van der Waals surface area contributed by atoms with Crippen LogP contribution in [0.5, 0.6) is 0 Å². The molecule has 3 unspecified atom stereocenters. The van der Waals surface area contributed by atoms with Gasteiger partial charge in [-0.05, 0) is 109 Å². The molecule has 0 N–H and O–H groups in total. The summed E-state index contributed by atoms with van der Waals surface area (Å²) >= 11 is 1.88. The Balaban J connectivity index is 1.04. The Morgan fingerprint density at radius 2 is 1.16 bits per heavy atom. The maximum absolute atomic E-state index is 5.64. The molecule has 2 aromatic heterocycles. The number of thiophene rings is 1. The lowest BCUT2D eigenvalue weighted by molar-refractivity contribution is 0.526. The predicted octanol–water partition coefficient (Wildman–Crippen LogP) is 15.6. The summed E-state index contributed by atoms with van der Waals surface area (Å²) < 4.78 is 0. The van der Waals surface area contributed by atoms with Crippen molar-refractivity contribution in [1.29, 1.82) is 0 Å². The zero-order chi connectivity index (χ0) is 40.3. The van der Waals surface area contributed by atoms with Gasteiger partial charge in [-0.15, -0.1) is 11.3 Å². The maximum atomic E-state index is 5.64. The van der Waals surface area contributed by atoms with Gasteiger partial charge in [0.1, 0.15) is 10.7 Å². The first-order valence-corrected chi connectivity index (χ1v) is 22.7. The Bertz CT molecular complexity index is 3240. The number of rotatable bonds is 6. The highest BCUT2D eigenvalue weighted by molar-refractivity contribution is 7.19. The van der Waals surface area contributed by atoms with E-state index in [-0.39, 0.29) is 17.8 Å². The minimum absolute atomic E-state index is 0.137. The van der Waals surface area contributed by atoms with Gasteiger partial charge in [-0.3, -0.25) is 0 Å². The fourth-order valence-corrected chi connectivity index (χ4v) is 11.6. The van der Waals surface area contributed by atoms with Crippen molar-refractivity contribution in [3.05, 3.63) is 226 Å². The van der Waals surface area contributed by atoms with Crippen LogP contribution >= 0.6 is 11.3 Å². The molecule has 3 heteroatoms. The molecule has 0 fully saturated rings. The minimum Gasteiger partial charge on any atom is -0.232 e. The average molecular weight is 801 g/mol. The summed E-state index contributed by atoms with van der Waals surface area (Å²) in [5.74, 6) is 1.57. The lowest BCUT2D eigenvalue weighted by atomic mass is 9.73. The molecule has 2 heterocycles. The summed E-state index contributed by atoms with van der Waals surface area (Å²) in [5.41, 5.74) is 11.6. The molecule has 0 amide bonds. The highest BCUT2D eigenvalue weighted by atomic mass is 32.1. The number of benzene rings is 7. The topological polar surface area (TPSA) is 25.8 Å². The van der Waals surface area contributed by atoms with Gasteiger partial charge in [-0.2, -0.15) is 0 Å². The van der Waals surface area contributed by atoms with Gasteiger partial charge in [0, 0.05) is 33.6 Å². The smallest absolute Gasteiger partial charge is 0.134 e. The van der Waals surface area contributed by atoms with E-state index in [1.54, 1.807) is 0 Å². The molecule has 0 saturated carbocycles. The van der Waals surface area contributed by atoms with Crippen LogP contribution in [0.1, 0.15) is 76.4 Å². The fraction of sp³-hybridized carbons (Fsp3) is 0.138. The molecule has 3 aliphatic rings. The van der Waals surface area contributed by atoms with Crippen LogP contribution in [0.3, 0.4) is 0 Å². The number of aryl methyl sites for hydroxylation is 1. The summed E-state index contributed by atoms with van der Waals surface area (Å²) in [5, 5.41) is 9.08. The molecule has 61 heavy (non-hydrogen) atoms. The number of fused-ring (bicyclic) bond motifs is 9. The van der Waals surface area contributed by atoms with E-state index in [1.807, 2.05) is 11.3 Å². The number of allylic oxidation sites excluding steroid dienone is 7. The third-order valence-electron chi connectivity index (χ3n) is 13.4. The highest BCUT2D eigenvalue weighted by Gasteiger charge is 2.32. The second-order valence-corrected chi connectivity index (χ2v) is 18.2. The van der Waals surface area contributed by atoms with Gasteiger partial charge < -0.3 is 0 Å². The van der Waals surface area contributed by atoms with Gasteiger partial charge >= 0.3 is 0 Å². The number of hydrogen-bond donors (Lipinski definition) is 0. The van der Waals surface area contributed by atoms with E-state index in [0.717, 1.165) is 54.0 Å². The van der Waals surface area contributed by atoms with Gasteiger partial charge in [0.15, 0.2) is 0 Å². The van der Waals surface area contributed by atoms with E-state index in [4.69, 9.17) is 9.97 Å². The molecule has 9 aromatic rings. The first kappa shape index (κ1) is 36.2. The third kappa shape index (κ3) is 6.47. The molecule has 292 valence electrons. The van der Waals surface area contributed by atoms with E-state index < -0.39 is 0 Å². The quantitative estimate of drug-likeness (QED) is 0.157. The molecule has 0 aliphatic heterocycles. The van der Waals surface area contributed by atoms with E-state index in [2.05, 4.69) is 188 Å². The summed E-state index contributed by atoms with van der Waals surface area (Å²) in [7, 11) is 0. The van der Waals surface area contributed by atoms with Crippen LogP contribution in [0.4, 0.5) is 0 Å². The summed E-state index contributed by atoms with van der Waals surface area (Å²) in [4.78, 5) is 13.7. The highest BCUT2D eigenvalue weighted by Crippen LogP contribution is 2.48. The SMILES string of the molecule is C1=Cc2c(sc3nc(C4CC(C5=CC(c6ccccc6)=CC(c6ccccc6)C5)=CC(c5ccc6c7ccccc7c7ccccc7c6c5)C4)nc(-c4ccccc4)c23)CC1. The van der Waals surface area contributed by atoms with Crippen LogP contribution in [0, 0.1) is 0 Å². The maximum Gasteiger partial charge on any atom is 0.134 e. The molecule has 12 rings (SSSR count). The van der Waals surface area contributed by atoms with Crippen molar-refractivity contribution in [2.24, 2.45) is 0 Å². The molecule has 0 bridgehead atoms. The Hall–Kier alpha value is -6.68. The van der Waals surface area contributed by atoms with Crippen molar-refractivity contribution in [2.75, 3.05) is 0 Å². The van der Waals surface area contributed by atoms with E-state index in [0.29, 0.717) is 0 Å². The Morgan fingerprint density at radius 1 is 0.525 bits per heavy atom. The van der Waals surface area contributed by atoms with E-state index in [9.17, 15) is 0 Å². The van der Waals surface area contributed by atoms with Crippen molar-refractivity contribution in [3.63, 3.8) is 0 Å². The van der Waals surface area contributed by atoms with Gasteiger partial charge in [0.05, 0.1) is 5.69 Å². The Kier molecular flexibility index (Phi) is 8.96. The van der Waals surface area contributed by atoms with Crippen molar-refractivity contribution < 1.29 is 0 Å². The summed E-state index contributed by atoms with van der Waals surface area (Å²) in [6.07, 6.45) is 17.2. The van der Waals surface area contributed by atoms with E-state index in [1.165, 1.54) is 81.6 Å². The van der Waals surface area contributed by atoms with Crippen LogP contribution in [-0.4, -0.2) is 9.97 Å². The average Bonchev–Trinajstić information content (AvgIpc) is 3.73. The molecule has 3 atom stereocenters. The fourth-order valence-electron chi connectivity index (χ4n) is 10.5. The monoisotopic (exact) mass is 800 g/mol. The molecule has 0 saturated heterocycles. The zero-order valence-electron chi connectivity index (χ0n) is 34.0. The van der Waals surface area contributed by atoms with Crippen molar-refractivity contribution in [1.82, 2.24) is 9.97 Å². The molecule has 7 aromatic carbocycles. The molecular weight excluding hydrogens is 757 g/mol. The predicted molar refractivity (Wildman–Crippen MR) is 258 cm³/mol. The number of hydrogen-bond acceptors (Lipinski definition) is 3. The lowest BCUT2D eigenvalue weighted by Crippen LogP contribution is -2.17. The molecule has 3 aliphatic carbocycles. The standard InChI is InChI=1S/C58H44N2S/c1-4-16-37(17-5-1)41-30-42(38-18-6-2-7-19-38)32-44(31-41)45-33-43(40-28-29-51-49-24-11-10-22-47(49)48-23-12-13-25-50(48)53(51)36-40)34-46(35-45)57-59-56(39-20-8-3-9-21-39)55-52-26-14-15-27-54(52)61-58(55)60-57/h1-14,16-26,28-31,33,36,42-43,46H,15,27,32,34-35H2. The largest absolute Gasteiger partial charge is 0.232 e. The van der Waals surface area contributed by atoms with Crippen LogP contribution in [0.25, 0.3) is 65.4 Å². The molecular formula is C58H44N2S. The number of aromatic nitrogens is 2. The zero-order valence-corrected chi connectivity index (χ0v) is 34.8. The van der Waals surface area contributed by atoms with Gasteiger partial charge in [-0.1, -0.05) is 182 Å². The van der Waals surface area contributed by atoms with Crippen molar-refractivity contribution in [2.45, 2.75) is 49.9 Å². The third-order valence-corrected chi connectivity index (χ3v) is 14.6. The van der Waals surface area contributed by atoms with Crippen molar-refractivity contribution >= 4 is 65.5 Å². The molecule has 2 nitrogen and oxygen atoms in total. The van der Waals surface area contributed by atoms with Crippen LogP contribution in [0.15, 0.2) is 193 Å². The molecule has 0 spiro atoms. The van der Waals surface area contributed by atoms with Gasteiger partial charge in [0.2, 0.25) is 0 Å². The second-order valence-electron chi connectivity index (χ2n) is 17.1. The first-order valence-electron chi connectivity index (χ1n) is 21.8. The second kappa shape index (κ2) is 15.1. The Morgan fingerprint density at radius 3 is 1.89 bits per heavy atom. The van der Waals surface area contributed by atoms with Crippen LogP contribution in [-0.2, 0) is 6.42 Å². The Labute approximate surface area is 361 Å². The van der Waals surface area contributed by atoms with Gasteiger partial charge in [-0.25, -0.2) is 9.97 Å². The molecule has 0 radical (unpaired) electrons. The van der Waals surface area contributed by atoms with Gasteiger partial charge in [0.25, 0.3) is 0 Å².